The molecule has 0 aliphatic heterocycles. The first-order chi connectivity index (χ1) is 68.3. The number of rotatable bonds is 22. The fourth-order valence-corrected chi connectivity index (χ4v) is 52.5. The van der Waals surface area contributed by atoms with Gasteiger partial charge in [-0.15, -0.1) is 33.3 Å². The molecular formula is C138H174Si6. The minimum atomic E-state index is -2.02. The van der Waals surface area contributed by atoms with Crippen molar-refractivity contribution < 1.29 is 0 Å². The van der Waals surface area contributed by atoms with Crippen molar-refractivity contribution in [2.24, 2.45) is 0 Å². The van der Waals surface area contributed by atoms with Crippen LogP contribution in [-0.4, -0.2) is 48.4 Å². The highest BCUT2D eigenvalue weighted by Crippen LogP contribution is 2.50. The van der Waals surface area contributed by atoms with Gasteiger partial charge in [0, 0.05) is 33.4 Å². The molecule has 0 heterocycles. The van der Waals surface area contributed by atoms with Gasteiger partial charge in [-0.3, -0.25) is 0 Å². The van der Waals surface area contributed by atoms with Crippen molar-refractivity contribution in [2.45, 2.75) is 392 Å². The molecule has 144 heavy (non-hydrogen) atoms. The maximum Gasteiger partial charge on any atom is 0.146 e. The number of hydrogen-bond donors (Lipinski definition) is 0. The average Bonchev–Trinajstić information content (AvgIpc) is 0.725. The smallest absolute Gasteiger partial charge is 0.126 e. The molecule has 750 valence electrons. The number of benzene rings is 15. The molecule has 0 saturated heterocycles. The first-order valence-electron chi connectivity index (χ1n) is 56.1. The second kappa shape index (κ2) is 45.4. The predicted octanol–water partition coefficient (Wildman–Crippen LogP) is 41.5. The van der Waals surface area contributed by atoms with E-state index in [-0.39, 0.29) is 0 Å². The highest BCUT2D eigenvalue weighted by molar-refractivity contribution is 6.92. The van der Waals surface area contributed by atoms with Gasteiger partial charge in [-0.25, -0.2) is 0 Å². The fraction of sp³-hybridized carbons (Fsp3) is 0.435. The molecule has 0 aromatic heterocycles. The minimum absolute atomic E-state index is 0.565. The molecule has 0 amide bonds. The summed E-state index contributed by atoms with van der Waals surface area (Å²) in [5.41, 5.74) is 49.7. The van der Waals surface area contributed by atoms with E-state index >= 15 is 0 Å². The van der Waals surface area contributed by atoms with Crippen LogP contribution in [0.5, 0.6) is 0 Å². The molecule has 0 aliphatic rings. The Balaban J connectivity index is 0.000000182. The van der Waals surface area contributed by atoms with Gasteiger partial charge in [0.25, 0.3) is 0 Å². The SMILES string of the molecule is CC(C)[Si](C#Cc1c2cc3ccccc3cc2c(C#C[Si](C(C)C)(C(C)C)C(C)C)c2cc3ccccc3cc12)(C(C)C)C(C)C.CC[Si](C#Cc1c2cc3cc(C)c(C)cc3cc2c(C#C[Si](CC)(CC)CC)c2cc3cc(C)c(C)cc3cc12)(CC)CC.CCc1cc2cc3c(C#C[Si](C(C)C)(C(C)C)C(C)C)c4cc5cc(CC)c(CC)cc5cc4c(C#C[Si](C(C)C)(C(C)C)C(C)C)c3cc2cc1CC. The van der Waals surface area contributed by atoms with E-state index in [1.54, 1.807) is 0 Å². The van der Waals surface area contributed by atoms with Gasteiger partial charge in [-0.05, 0) is 403 Å². The lowest BCUT2D eigenvalue weighted by Crippen LogP contribution is -2.43. The van der Waals surface area contributed by atoms with Crippen molar-refractivity contribution in [1.82, 2.24) is 0 Å². The molecule has 15 aromatic rings. The highest BCUT2D eigenvalue weighted by Gasteiger charge is 2.46. The maximum atomic E-state index is 4.19. The van der Waals surface area contributed by atoms with Crippen molar-refractivity contribution in [3.63, 3.8) is 0 Å². The van der Waals surface area contributed by atoms with Crippen LogP contribution >= 0.6 is 0 Å². The second-order valence-electron chi connectivity index (χ2n) is 47.0. The molecule has 0 spiro atoms. The summed E-state index contributed by atoms with van der Waals surface area (Å²) in [5.74, 6) is 23.9. The van der Waals surface area contributed by atoms with Crippen molar-refractivity contribution in [1.29, 1.82) is 0 Å². The van der Waals surface area contributed by atoms with Gasteiger partial charge < -0.3 is 0 Å². The van der Waals surface area contributed by atoms with E-state index in [0.717, 1.165) is 25.7 Å². The van der Waals surface area contributed by atoms with E-state index < -0.39 is 48.4 Å². The molecule has 0 nitrogen and oxygen atoms in total. The molecule has 0 radical (unpaired) electrons. The van der Waals surface area contributed by atoms with Crippen molar-refractivity contribution >= 4 is 178 Å². The van der Waals surface area contributed by atoms with Crippen LogP contribution < -0.4 is 0 Å². The molecule has 0 aliphatic carbocycles. The standard InChI is InChI=1S/C52H70Si2.C44H54Si2.C42H50Si2/c1-17-39-25-43-29-49-47(21-23-53(33(5)6,34(7)8)35(9)10)51-31-45-27-41(19-3)42(20-4)28-46(45)32-52(51)48(50(49)30-44(43)26-40(39)18-2)22-24-54(36(11)12,37(13)14)38(15)16;1-29(2)45(30(3)4,31(5)6)23-21-39-41-25-35-17-13-15-19-37(35)27-43(41)40(22-24-46(32(7)8,33(9)10)34(11)12)44-28-38-20-16-14-18-36(38)26-42(39)44;1-11-43(12-2,13-3)19-17-37-39-25-33-21-29(7)31(9)23-35(33)27-41(39)38(18-20-44(14-4,15-5)16-6)42-28-36-24-32(10)30(8)22-34(36)26-40(37)42/h25-38H,17-20H2,1-16H3;13-20,25-34H,1-12H3;21-28H,11-16H2,1-10H3. The first-order valence-corrected chi connectivity index (χ1v) is 70.3. The van der Waals surface area contributed by atoms with E-state index in [0.29, 0.717) is 66.5 Å². The number of hydrogen-bond acceptors (Lipinski definition) is 0. The molecular weight excluding hydrogens is 1830 g/mol. The third-order valence-corrected chi connectivity index (χ3v) is 70.9. The van der Waals surface area contributed by atoms with Crippen LogP contribution in [0.1, 0.15) is 313 Å². The minimum Gasteiger partial charge on any atom is -0.126 e. The molecule has 15 rings (SSSR count). The number of fused-ring (bicyclic) bond motifs is 12. The topological polar surface area (TPSA) is 0 Å². The quantitative estimate of drug-likeness (QED) is 0.0360. The highest BCUT2D eigenvalue weighted by atomic mass is 28.3. The molecule has 0 saturated carbocycles. The summed E-state index contributed by atoms with van der Waals surface area (Å²) in [7, 11) is -11.3. The Labute approximate surface area is 878 Å². The molecule has 0 fully saturated rings. The summed E-state index contributed by atoms with van der Waals surface area (Å²) in [5, 5.41) is 30.5. The first kappa shape index (κ1) is 111. The van der Waals surface area contributed by atoms with E-state index in [1.807, 2.05) is 0 Å². The molecule has 0 unspecified atom stereocenters. The van der Waals surface area contributed by atoms with Gasteiger partial charge in [0.05, 0.1) is 0 Å². The van der Waals surface area contributed by atoms with Gasteiger partial charge in [-0.1, -0.05) is 368 Å². The average molecular weight is 2000 g/mol. The molecule has 15 aromatic carbocycles. The third-order valence-electron chi connectivity index (χ3n) is 36.3. The summed E-state index contributed by atoms with van der Waals surface area (Å²) in [6, 6.07) is 73.3. The summed E-state index contributed by atoms with van der Waals surface area (Å²) in [6.45, 7) is 90.2. The van der Waals surface area contributed by atoms with Crippen LogP contribution in [0.4, 0.5) is 0 Å². The summed E-state index contributed by atoms with van der Waals surface area (Å²) in [6.07, 6.45) is 4.17. The molecule has 0 N–H and O–H groups in total. The Morgan fingerprint density at radius 3 is 0.438 bits per heavy atom. The lowest BCUT2D eigenvalue weighted by molar-refractivity contribution is 0.838. The van der Waals surface area contributed by atoms with Crippen LogP contribution in [0.25, 0.3) is 129 Å². The Bertz CT molecular complexity index is 6960. The van der Waals surface area contributed by atoms with Crippen molar-refractivity contribution in [3.05, 3.63) is 248 Å². The largest absolute Gasteiger partial charge is 0.146 e. The normalized spacial score (nSPS) is 12.5. The van der Waals surface area contributed by atoms with E-state index in [1.165, 1.54) is 243 Å². The van der Waals surface area contributed by atoms with Crippen LogP contribution in [0.15, 0.2) is 170 Å². The summed E-state index contributed by atoms with van der Waals surface area (Å²) in [4.78, 5) is 0. The summed E-state index contributed by atoms with van der Waals surface area (Å²) >= 11 is 0. The van der Waals surface area contributed by atoms with Crippen LogP contribution in [-0.2, 0) is 25.7 Å². The molecule has 6 heteroatoms. The third kappa shape index (κ3) is 20.8. The summed E-state index contributed by atoms with van der Waals surface area (Å²) < 4.78 is 0. The van der Waals surface area contributed by atoms with E-state index in [9.17, 15) is 0 Å². The van der Waals surface area contributed by atoms with Gasteiger partial charge in [0.1, 0.15) is 48.4 Å². The zero-order chi connectivity index (χ0) is 105. The van der Waals surface area contributed by atoms with Crippen LogP contribution in [0.2, 0.25) is 103 Å². The van der Waals surface area contributed by atoms with Gasteiger partial charge in [-0.2, -0.15) is 0 Å². The zero-order valence-corrected chi connectivity index (χ0v) is 102. The Hall–Kier alpha value is -9.92. The van der Waals surface area contributed by atoms with Crippen molar-refractivity contribution in [2.75, 3.05) is 0 Å². The lowest BCUT2D eigenvalue weighted by Gasteiger charge is -2.38. The molecule has 0 atom stereocenters. The number of aryl methyl sites for hydroxylation is 8. The fourth-order valence-electron chi connectivity index (χ4n) is 26.8. The van der Waals surface area contributed by atoms with Crippen LogP contribution in [0.3, 0.4) is 0 Å². The van der Waals surface area contributed by atoms with Gasteiger partial charge in [0.2, 0.25) is 0 Å². The van der Waals surface area contributed by atoms with Crippen LogP contribution in [0, 0.1) is 96.5 Å². The zero-order valence-electron chi connectivity index (χ0n) is 96.2. The molecule has 0 bridgehead atoms. The van der Waals surface area contributed by atoms with E-state index in [4.69, 9.17) is 0 Å². The van der Waals surface area contributed by atoms with Gasteiger partial charge in [0.15, 0.2) is 0 Å². The Morgan fingerprint density at radius 2 is 0.306 bits per heavy atom. The van der Waals surface area contributed by atoms with Gasteiger partial charge >= 0.3 is 0 Å². The maximum absolute atomic E-state index is 4.19. The Morgan fingerprint density at radius 1 is 0.174 bits per heavy atom. The Kier molecular flexibility index (Phi) is 35.1. The monoisotopic (exact) mass is 2000 g/mol. The van der Waals surface area contributed by atoms with E-state index in [2.05, 4.69) is 502 Å². The lowest BCUT2D eigenvalue weighted by atomic mass is 9.87. The predicted molar refractivity (Wildman–Crippen MR) is 666 cm³/mol. The van der Waals surface area contributed by atoms with Crippen molar-refractivity contribution in [3.8, 4) is 68.8 Å². The second-order valence-corrected chi connectivity index (χ2v) is 79.2.